The van der Waals surface area contributed by atoms with Crippen LogP contribution in [0.5, 0.6) is 0 Å². The summed E-state index contributed by atoms with van der Waals surface area (Å²) in [6.45, 7) is 29.4. The maximum atomic E-state index is 6.54. The molecule has 3 atom stereocenters. The Labute approximate surface area is 191 Å². The average Bonchev–Trinajstić information content (AvgIpc) is 2.85. The predicted octanol–water partition coefficient (Wildman–Crippen LogP) is 9.24. The van der Waals surface area contributed by atoms with Gasteiger partial charge in [0.05, 0.1) is 0 Å². The number of hydrogen-bond donors (Lipinski definition) is 1. The third kappa shape index (κ3) is 6.49. The van der Waals surface area contributed by atoms with E-state index in [-0.39, 0.29) is 5.54 Å². The minimum atomic E-state index is -0.0845. The molecule has 1 aliphatic rings. The van der Waals surface area contributed by atoms with E-state index in [2.05, 4.69) is 83.1 Å². The summed E-state index contributed by atoms with van der Waals surface area (Å²) in [5.41, 5.74) is 8.02. The molecule has 0 heterocycles. The second-order valence-electron chi connectivity index (χ2n) is 14.0. The van der Waals surface area contributed by atoms with E-state index in [1.807, 2.05) is 0 Å². The van der Waals surface area contributed by atoms with Gasteiger partial charge in [-0.3, -0.25) is 0 Å². The summed E-state index contributed by atoms with van der Waals surface area (Å²) in [6, 6.07) is 0. The minimum Gasteiger partial charge on any atom is -0.326 e. The molecule has 180 valence electrons. The van der Waals surface area contributed by atoms with Crippen LogP contribution in [0.15, 0.2) is 0 Å². The first-order valence-corrected chi connectivity index (χ1v) is 13.2. The molecule has 0 spiro atoms. The number of rotatable bonds is 10. The van der Waals surface area contributed by atoms with E-state index in [4.69, 9.17) is 5.73 Å². The number of nitrogens with two attached hydrogens (primary N) is 1. The van der Waals surface area contributed by atoms with Gasteiger partial charge in [-0.15, -0.1) is 0 Å². The molecule has 1 heteroatoms. The van der Waals surface area contributed by atoms with Crippen LogP contribution in [0.25, 0.3) is 0 Å². The first-order chi connectivity index (χ1) is 13.4. The van der Waals surface area contributed by atoms with Crippen LogP contribution in [0.1, 0.15) is 141 Å². The van der Waals surface area contributed by atoms with Crippen molar-refractivity contribution in [2.24, 2.45) is 45.1 Å². The molecule has 0 aliphatic heterocycles. The van der Waals surface area contributed by atoms with Crippen LogP contribution < -0.4 is 5.73 Å². The predicted molar refractivity (Wildman–Crippen MR) is 137 cm³/mol. The standard InChI is InChI=1S/C29H59N/c1-13-28(11,14-2)26(7,8)20-25(5,6)23-16-15-17-24(19-18-23)29(12,22(3)4)21-27(9,10)30/h22-24H,13-21,30H2,1-12H3. The lowest BCUT2D eigenvalue weighted by molar-refractivity contribution is 0.00460. The Morgan fingerprint density at radius 1 is 0.733 bits per heavy atom. The maximum absolute atomic E-state index is 6.54. The molecular weight excluding hydrogens is 362 g/mol. The smallest absolute Gasteiger partial charge is 0.0102 e. The molecule has 0 aromatic heterocycles. The van der Waals surface area contributed by atoms with Crippen molar-refractivity contribution in [3.05, 3.63) is 0 Å². The molecular formula is C29H59N. The van der Waals surface area contributed by atoms with Crippen molar-refractivity contribution in [3.63, 3.8) is 0 Å². The van der Waals surface area contributed by atoms with Crippen molar-refractivity contribution >= 4 is 0 Å². The maximum Gasteiger partial charge on any atom is 0.0102 e. The molecule has 1 aliphatic carbocycles. The summed E-state index contributed by atoms with van der Waals surface area (Å²) in [5.74, 6) is 2.34. The fourth-order valence-corrected chi connectivity index (χ4v) is 7.25. The van der Waals surface area contributed by atoms with Crippen LogP contribution in [-0.4, -0.2) is 5.54 Å². The molecule has 1 fully saturated rings. The van der Waals surface area contributed by atoms with E-state index in [1.165, 1.54) is 51.4 Å². The molecule has 3 unspecified atom stereocenters. The van der Waals surface area contributed by atoms with Crippen LogP contribution >= 0.6 is 0 Å². The highest BCUT2D eigenvalue weighted by Gasteiger charge is 2.46. The van der Waals surface area contributed by atoms with Gasteiger partial charge in [0.2, 0.25) is 0 Å². The van der Waals surface area contributed by atoms with Crippen LogP contribution in [-0.2, 0) is 0 Å². The average molecular weight is 422 g/mol. The second-order valence-corrected chi connectivity index (χ2v) is 14.0. The summed E-state index contributed by atoms with van der Waals surface area (Å²) in [6.07, 6.45) is 12.0. The molecule has 0 radical (unpaired) electrons. The van der Waals surface area contributed by atoms with Crippen molar-refractivity contribution in [1.82, 2.24) is 0 Å². The van der Waals surface area contributed by atoms with Gasteiger partial charge >= 0.3 is 0 Å². The molecule has 30 heavy (non-hydrogen) atoms. The summed E-state index contributed by atoms with van der Waals surface area (Å²) in [5, 5.41) is 0. The van der Waals surface area contributed by atoms with Crippen molar-refractivity contribution in [2.75, 3.05) is 0 Å². The van der Waals surface area contributed by atoms with Crippen LogP contribution in [0.3, 0.4) is 0 Å². The van der Waals surface area contributed by atoms with Crippen molar-refractivity contribution in [2.45, 2.75) is 146 Å². The Bertz CT molecular complexity index is 517. The Morgan fingerprint density at radius 2 is 1.20 bits per heavy atom. The van der Waals surface area contributed by atoms with Gasteiger partial charge in [-0.05, 0) is 91.8 Å². The van der Waals surface area contributed by atoms with E-state index in [0.717, 1.165) is 18.3 Å². The molecule has 0 amide bonds. The van der Waals surface area contributed by atoms with Crippen molar-refractivity contribution in [1.29, 1.82) is 0 Å². The monoisotopic (exact) mass is 421 g/mol. The Hall–Kier alpha value is -0.0400. The first-order valence-electron chi connectivity index (χ1n) is 13.2. The third-order valence-electron chi connectivity index (χ3n) is 10.3. The van der Waals surface area contributed by atoms with E-state index in [0.29, 0.717) is 27.6 Å². The van der Waals surface area contributed by atoms with Gasteiger partial charge in [0.15, 0.2) is 0 Å². The van der Waals surface area contributed by atoms with Gasteiger partial charge < -0.3 is 5.73 Å². The van der Waals surface area contributed by atoms with Gasteiger partial charge in [0.1, 0.15) is 0 Å². The quantitative estimate of drug-likeness (QED) is 0.349. The zero-order valence-electron chi connectivity index (χ0n) is 23.2. The van der Waals surface area contributed by atoms with Gasteiger partial charge in [0.25, 0.3) is 0 Å². The summed E-state index contributed by atoms with van der Waals surface area (Å²) in [7, 11) is 0. The molecule has 0 aromatic carbocycles. The molecule has 2 N–H and O–H groups in total. The van der Waals surface area contributed by atoms with Crippen LogP contribution in [0, 0.1) is 39.4 Å². The third-order valence-corrected chi connectivity index (χ3v) is 10.3. The Kier molecular flexibility index (Phi) is 9.18. The Morgan fingerprint density at radius 3 is 1.63 bits per heavy atom. The second kappa shape index (κ2) is 9.84. The zero-order chi connectivity index (χ0) is 23.6. The van der Waals surface area contributed by atoms with Gasteiger partial charge in [-0.1, -0.05) is 88.5 Å². The fourth-order valence-electron chi connectivity index (χ4n) is 7.25. The fraction of sp³-hybridized carbons (Fsp3) is 1.00. The molecule has 0 bridgehead atoms. The van der Waals surface area contributed by atoms with E-state index in [1.54, 1.807) is 0 Å². The summed E-state index contributed by atoms with van der Waals surface area (Å²) >= 11 is 0. The van der Waals surface area contributed by atoms with Gasteiger partial charge in [-0.2, -0.15) is 0 Å². The largest absolute Gasteiger partial charge is 0.326 e. The first kappa shape index (κ1) is 28.0. The lowest BCUT2D eigenvalue weighted by Gasteiger charge is -2.50. The van der Waals surface area contributed by atoms with Gasteiger partial charge in [-0.25, -0.2) is 0 Å². The normalized spacial score (nSPS) is 24.6. The highest BCUT2D eigenvalue weighted by Crippen LogP contribution is 2.55. The summed E-state index contributed by atoms with van der Waals surface area (Å²) < 4.78 is 0. The SMILES string of the molecule is CCC(C)(CC)C(C)(C)CC(C)(C)C1CCCC(C(C)(CC(C)(C)N)C(C)C)CC1. The van der Waals surface area contributed by atoms with E-state index >= 15 is 0 Å². The van der Waals surface area contributed by atoms with Crippen LogP contribution in [0.4, 0.5) is 0 Å². The highest BCUT2D eigenvalue weighted by atomic mass is 14.7. The van der Waals surface area contributed by atoms with Crippen LogP contribution in [0.2, 0.25) is 0 Å². The lowest BCUT2D eigenvalue weighted by Crippen LogP contribution is -2.44. The minimum absolute atomic E-state index is 0.0845. The highest BCUT2D eigenvalue weighted by molar-refractivity contribution is 4.96. The molecule has 0 aromatic rings. The van der Waals surface area contributed by atoms with E-state index in [9.17, 15) is 0 Å². The van der Waals surface area contributed by atoms with Crippen molar-refractivity contribution in [3.8, 4) is 0 Å². The molecule has 1 saturated carbocycles. The molecule has 0 saturated heterocycles. The lowest BCUT2D eigenvalue weighted by atomic mass is 9.55. The molecule has 1 nitrogen and oxygen atoms in total. The van der Waals surface area contributed by atoms with Gasteiger partial charge in [0, 0.05) is 5.54 Å². The van der Waals surface area contributed by atoms with Crippen molar-refractivity contribution < 1.29 is 0 Å². The Balaban J connectivity index is 2.99. The summed E-state index contributed by atoms with van der Waals surface area (Å²) in [4.78, 5) is 0. The van der Waals surface area contributed by atoms with E-state index < -0.39 is 0 Å². The molecule has 1 rings (SSSR count). The number of hydrogen-bond acceptors (Lipinski definition) is 1. The topological polar surface area (TPSA) is 26.0 Å². The zero-order valence-corrected chi connectivity index (χ0v) is 23.2.